The number of ether oxygens (including phenoxy) is 1. The van der Waals surface area contributed by atoms with Gasteiger partial charge in [-0.05, 0) is 19.9 Å². The molecule has 0 aromatic carbocycles. The molecule has 2 heterocycles. The summed E-state index contributed by atoms with van der Waals surface area (Å²) >= 11 is 1.18. The van der Waals surface area contributed by atoms with Gasteiger partial charge in [0.2, 0.25) is 0 Å². The molecule has 1 fully saturated rings. The molecule has 2 rings (SSSR count). The average Bonchev–Trinajstić information content (AvgIpc) is 2.92. The van der Waals surface area contributed by atoms with E-state index in [2.05, 4.69) is 17.2 Å². The van der Waals surface area contributed by atoms with Crippen LogP contribution in [0.25, 0.3) is 0 Å². The number of aliphatic hydroxyl groups excluding tert-OH is 2. The quantitative estimate of drug-likeness (QED) is 0.511. The second-order valence-electron chi connectivity index (χ2n) is 5.63. The van der Waals surface area contributed by atoms with Crippen molar-refractivity contribution in [2.75, 3.05) is 19.6 Å². The van der Waals surface area contributed by atoms with Gasteiger partial charge >= 0.3 is 6.09 Å². The van der Waals surface area contributed by atoms with Crippen molar-refractivity contribution in [2.45, 2.75) is 56.5 Å². The van der Waals surface area contributed by atoms with Crippen LogP contribution in [-0.4, -0.2) is 80.9 Å². The van der Waals surface area contributed by atoms with Gasteiger partial charge in [-0.25, -0.2) is 4.79 Å². The van der Waals surface area contributed by atoms with Gasteiger partial charge in [0.1, 0.15) is 29.8 Å². The number of nitrogens with one attached hydrogen (secondary N) is 1. The number of amides is 1. The van der Waals surface area contributed by atoms with Crippen LogP contribution in [0.4, 0.5) is 4.79 Å². The van der Waals surface area contributed by atoms with Crippen LogP contribution in [0, 0.1) is 0 Å². The van der Waals surface area contributed by atoms with Gasteiger partial charge in [-0.3, -0.25) is 9.89 Å². The topological polar surface area (TPSA) is 115 Å². The summed E-state index contributed by atoms with van der Waals surface area (Å²) in [5.74, 6) is 0. The Morgan fingerprint density at radius 2 is 2.13 bits per heavy atom. The number of hydrogen-bond acceptors (Lipinski definition) is 7. The molecule has 4 N–H and O–H groups in total. The molecule has 0 saturated carbocycles. The fraction of sp³-hybridized carbons (Fsp3) is 0.857. The monoisotopic (exact) mass is 347 g/mol. The fourth-order valence-electron chi connectivity index (χ4n) is 2.61. The minimum atomic E-state index is -1.09. The molecule has 0 aromatic heterocycles. The third kappa shape index (κ3) is 4.16. The molecule has 2 aliphatic heterocycles. The molecular weight excluding hydrogens is 322 g/mol. The first-order valence-corrected chi connectivity index (χ1v) is 8.84. The summed E-state index contributed by atoms with van der Waals surface area (Å²) in [5.41, 5.74) is -0.477. The molecule has 0 aliphatic carbocycles. The van der Waals surface area contributed by atoms with Crippen LogP contribution < -0.4 is 5.32 Å². The second-order valence-corrected chi connectivity index (χ2v) is 6.69. The molecule has 0 aromatic rings. The minimum absolute atomic E-state index is 0.265. The summed E-state index contributed by atoms with van der Waals surface area (Å²) in [6.45, 7) is 5.34. The maximum atomic E-state index is 11.2. The summed E-state index contributed by atoms with van der Waals surface area (Å²) < 4.78 is 5.83. The highest BCUT2D eigenvalue weighted by molar-refractivity contribution is 8.14. The normalized spacial score (nSPS) is 33.2. The van der Waals surface area contributed by atoms with Crippen molar-refractivity contribution in [1.82, 2.24) is 10.2 Å². The van der Waals surface area contributed by atoms with Gasteiger partial charge in [0.05, 0.1) is 0 Å². The Kier molecular flexibility index (Phi) is 6.66. The van der Waals surface area contributed by atoms with Crippen molar-refractivity contribution < 1.29 is 24.9 Å². The van der Waals surface area contributed by atoms with Gasteiger partial charge in [0.15, 0.2) is 5.17 Å². The number of thioether (sulfide) groups is 1. The predicted molar refractivity (Wildman–Crippen MR) is 87.7 cm³/mol. The lowest BCUT2D eigenvalue weighted by molar-refractivity contribution is -0.150. The third-order valence-corrected chi connectivity index (χ3v) is 5.14. The number of hydrogen-bond donors (Lipinski definition) is 4. The summed E-state index contributed by atoms with van der Waals surface area (Å²) in [4.78, 5) is 16.6. The maximum absolute atomic E-state index is 11.2. The summed E-state index contributed by atoms with van der Waals surface area (Å²) in [5, 5.41) is 33.2. The Morgan fingerprint density at radius 1 is 1.39 bits per heavy atom. The number of carboxylic acid groups (broad SMARTS) is 1. The summed E-state index contributed by atoms with van der Waals surface area (Å²) in [7, 11) is 0. The van der Waals surface area contributed by atoms with Gasteiger partial charge in [0.25, 0.3) is 0 Å². The van der Waals surface area contributed by atoms with Crippen molar-refractivity contribution >= 4 is 23.0 Å². The second kappa shape index (κ2) is 8.29. The molecule has 9 heteroatoms. The Morgan fingerprint density at radius 3 is 2.74 bits per heavy atom. The lowest BCUT2D eigenvalue weighted by Gasteiger charge is -2.38. The number of amidine groups is 1. The SMILES string of the molecule is CCCCNC[C@H]1O[C@@H]2SC(N(CC)C(=O)O)=N[C@@H]2[C@@H](O)[C@@H]1O. The van der Waals surface area contributed by atoms with Crippen LogP contribution in [0.5, 0.6) is 0 Å². The van der Waals surface area contributed by atoms with Crippen LogP contribution in [0.3, 0.4) is 0 Å². The van der Waals surface area contributed by atoms with E-state index in [0.29, 0.717) is 11.7 Å². The van der Waals surface area contributed by atoms with Crippen LogP contribution in [0.2, 0.25) is 0 Å². The Hall–Kier alpha value is -0.870. The zero-order chi connectivity index (χ0) is 17.0. The lowest BCUT2D eigenvalue weighted by atomic mass is 9.98. The van der Waals surface area contributed by atoms with Gasteiger partial charge < -0.3 is 25.4 Å². The van der Waals surface area contributed by atoms with Gasteiger partial charge in [-0.2, -0.15) is 0 Å². The van der Waals surface area contributed by atoms with E-state index in [0.717, 1.165) is 24.3 Å². The third-order valence-electron chi connectivity index (χ3n) is 3.98. The minimum Gasteiger partial charge on any atom is -0.465 e. The van der Waals surface area contributed by atoms with Gasteiger partial charge in [-0.1, -0.05) is 25.1 Å². The van der Waals surface area contributed by atoms with E-state index < -0.39 is 35.9 Å². The van der Waals surface area contributed by atoms with E-state index in [1.165, 1.54) is 11.8 Å². The number of fused-ring (bicyclic) bond motifs is 1. The Labute approximate surface area is 139 Å². The number of unbranched alkanes of at least 4 members (excludes halogenated alkanes) is 1. The van der Waals surface area contributed by atoms with Crippen molar-refractivity contribution in [3.63, 3.8) is 0 Å². The van der Waals surface area contributed by atoms with Crippen molar-refractivity contribution in [2.24, 2.45) is 4.99 Å². The number of aliphatic hydroxyl groups is 2. The van der Waals surface area contributed by atoms with Crippen LogP contribution in [-0.2, 0) is 4.74 Å². The first-order valence-electron chi connectivity index (χ1n) is 7.96. The molecule has 0 spiro atoms. The number of nitrogens with zero attached hydrogens (tertiary/aromatic N) is 2. The molecule has 1 amide bonds. The molecule has 2 aliphatic rings. The predicted octanol–water partition coefficient (Wildman–Crippen LogP) is 0.294. The molecule has 0 bridgehead atoms. The molecule has 0 radical (unpaired) electrons. The molecule has 23 heavy (non-hydrogen) atoms. The first-order chi connectivity index (χ1) is 11.0. The standard InChI is InChI=1S/C14H25N3O5S/c1-3-5-6-15-7-8-10(18)11(19)9-12(22-8)23-13(16-9)17(4-2)14(20)21/h8-12,15,18-19H,3-7H2,1-2H3,(H,20,21)/t8-,9-,10-,11-,12-/m1/s1. The van der Waals surface area contributed by atoms with E-state index in [4.69, 9.17) is 4.74 Å². The van der Waals surface area contributed by atoms with E-state index in [1.54, 1.807) is 6.92 Å². The van der Waals surface area contributed by atoms with Gasteiger partial charge in [0, 0.05) is 13.1 Å². The number of aliphatic imine (C=N–C) groups is 1. The maximum Gasteiger partial charge on any atom is 0.413 e. The smallest absolute Gasteiger partial charge is 0.413 e. The summed E-state index contributed by atoms with van der Waals surface area (Å²) in [6.07, 6.45) is -1.64. The zero-order valence-electron chi connectivity index (χ0n) is 13.4. The molecule has 0 unspecified atom stereocenters. The van der Waals surface area contributed by atoms with E-state index in [-0.39, 0.29) is 6.54 Å². The number of carbonyl (C=O) groups is 1. The molecule has 8 nitrogen and oxygen atoms in total. The zero-order valence-corrected chi connectivity index (χ0v) is 14.2. The molecular formula is C14H25N3O5S. The van der Waals surface area contributed by atoms with Crippen LogP contribution in [0.1, 0.15) is 26.7 Å². The highest BCUT2D eigenvalue weighted by Crippen LogP contribution is 2.37. The van der Waals surface area contributed by atoms with Crippen LogP contribution >= 0.6 is 11.8 Å². The lowest BCUT2D eigenvalue weighted by Crippen LogP contribution is -2.57. The van der Waals surface area contributed by atoms with Crippen molar-refractivity contribution in [3.05, 3.63) is 0 Å². The molecule has 132 valence electrons. The van der Waals surface area contributed by atoms with Crippen LogP contribution in [0.15, 0.2) is 4.99 Å². The van der Waals surface area contributed by atoms with E-state index >= 15 is 0 Å². The van der Waals surface area contributed by atoms with Crippen molar-refractivity contribution in [3.8, 4) is 0 Å². The number of rotatable bonds is 6. The molecule has 5 atom stereocenters. The Bertz CT molecular complexity index is 450. The van der Waals surface area contributed by atoms with Gasteiger partial charge in [-0.15, -0.1) is 0 Å². The highest BCUT2D eigenvalue weighted by atomic mass is 32.2. The highest BCUT2D eigenvalue weighted by Gasteiger charge is 2.49. The van der Waals surface area contributed by atoms with Crippen molar-refractivity contribution in [1.29, 1.82) is 0 Å². The average molecular weight is 347 g/mol. The summed E-state index contributed by atoms with van der Waals surface area (Å²) in [6, 6.07) is -0.648. The first kappa shape index (κ1) is 18.5. The largest absolute Gasteiger partial charge is 0.465 e. The van der Waals surface area contributed by atoms with E-state index in [9.17, 15) is 20.1 Å². The Balaban J connectivity index is 1.98. The fourth-order valence-corrected chi connectivity index (χ4v) is 3.90. The molecule has 1 saturated heterocycles. The van der Waals surface area contributed by atoms with E-state index in [1.807, 2.05) is 0 Å².